The van der Waals surface area contributed by atoms with Gasteiger partial charge in [0.2, 0.25) is 0 Å². The summed E-state index contributed by atoms with van der Waals surface area (Å²) in [7, 11) is 0. The Kier molecular flexibility index (Phi) is 6.44. The second kappa shape index (κ2) is 7.88. The second-order valence-corrected chi connectivity index (χ2v) is 4.76. The molecule has 0 aromatic carbocycles. The predicted molar refractivity (Wildman–Crippen MR) is 73.7 cm³/mol. The van der Waals surface area contributed by atoms with Crippen LogP contribution in [0.1, 0.15) is 29.1 Å². The highest BCUT2D eigenvalue weighted by atomic mass is 32.1. The Hall–Kier alpha value is -1.35. The minimum absolute atomic E-state index is 0.112. The third kappa shape index (κ3) is 4.88. The number of nitrogens with one attached hydrogen (secondary N) is 1. The molecular weight excluding hydrogens is 248 g/mol. The summed E-state index contributed by atoms with van der Waals surface area (Å²) in [5.41, 5.74) is 6.04. The van der Waals surface area contributed by atoms with Crippen molar-refractivity contribution in [2.45, 2.75) is 20.0 Å². The number of hydrogen-bond donors (Lipinski definition) is 2. The fourth-order valence-electron chi connectivity index (χ4n) is 1.27. The number of thiophene rings is 1. The van der Waals surface area contributed by atoms with Gasteiger partial charge in [0.25, 0.3) is 5.91 Å². The molecule has 0 saturated heterocycles. The molecule has 5 heteroatoms. The average molecular weight is 266 g/mol. The van der Waals surface area contributed by atoms with E-state index in [2.05, 4.69) is 17.2 Å². The van der Waals surface area contributed by atoms with Crippen molar-refractivity contribution in [3.63, 3.8) is 0 Å². The summed E-state index contributed by atoms with van der Waals surface area (Å²) in [6.07, 6.45) is 0.176. The maximum absolute atomic E-state index is 11.9. The Morgan fingerprint density at radius 2 is 2.39 bits per heavy atom. The monoisotopic (exact) mass is 266 g/mol. The Balaban J connectivity index is 2.49. The molecule has 0 bridgehead atoms. The Labute approximate surface area is 112 Å². The number of nitrogens with two attached hydrogens (primary N) is 1. The summed E-state index contributed by atoms with van der Waals surface area (Å²) < 4.78 is 5.35. The van der Waals surface area contributed by atoms with Gasteiger partial charge in [0.05, 0.1) is 19.3 Å². The number of hydrogen-bond acceptors (Lipinski definition) is 4. The average Bonchev–Trinajstić information content (AvgIpc) is 2.79. The van der Waals surface area contributed by atoms with Gasteiger partial charge in [0, 0.05) is 12.1 Å². The molecule has 1 amide bonds. The summed E-state index contributed by atoms with van der Waals surface area (Å²) in [5, 5.41) is 4.65. The van der Waals surface area contributed by atoms with Crippen molar-refractivity contribution in [1.82, 2.24) is 5.32 Å². The maximum Gasteiger partial charge on any atom is 0.262 e. The zero-order valence-corrected chi connectivity index (χ0v) is 11.5. The molecule has 0 aliphatic carbocycles. The first-order valence-corrected chi connectivity index (χ1v) is 6.69. The number of amides is 1. The van der Waals surface area contributed by atoms with Gasteiger partial charge < -0.3 is 15.8 Å². The molecular formula is C13H18N2O2S. The van der Waals surface area contributed by atoms with E-state index in [4.69, 9.17) is 10.5 Å². The van der Waals surface area contributed by atoms with Gasteiger partial charge in [-0.15, -0.1) is 11.3 Å². The fraction of sp³-hybridized carbons (Fsp3) is 0.462. The van der Waals surface area contributed by atoms with Crippen LogP contribution in [-0.4, -0.2) is 31.7 Å². The van der Waals surface area contributed by atoms with Gasteiger partial charge in [0.15, 0.2) is 0 Å². The Bertz CT molecular complexity index is 443. The van der Waals surface area contributed by atoms with Gasteiger partial charge in [-0.25, -0.2) is 0 Å². The standard InChI is InChI=1S/C13H18N2O2S/c1-10(2)17-8-7-15-13(16)12-11(4-3-6-14)5-9-18-12/h5,9-10H,6-8,14H2,1-2H3,(H,15,16). The molecule has 4 nitrogen and oxygen atoms in total. The van der Waals surface area contributed by atoms with Crippen molar-refractivity contribution in [3.05, 3.63) is 21.9 Å². The van der Waals surface area contributed by atoms with Gasteiger partial charge in [0.1, 0.15) is 4.88 Å². The molecule has 1 heterocycles. The lowest BCUT2D eigenvalue weighted by Crippen LogP contribution is -2.27. The summed E-state index contributed by atoms with van der Waals surface area (Å²) in [5.74, 6) is 5.52. The summed E-state index contributed by atoms with van der Waals surface area (Å²) in [4.78, 5) is 12.5. The SMILES string of the molecule is CC(C)OCCNC(=O)c1sccc1C#CCN. The van der Waals surface area contributed by atoms with Crippen LogP contribution in [0.3, 0.4) is 0 Å². The van der Waals surface area contributed by atoms with Gasteiger partial charge >= 0.3 is 0 Å². The molecule has 0 radical (unpaired) electrons. The van der Waals surface area contributed by atoms with Crippen LogP contribution in [0.15, 0.2) is 11.4 Å². The fourth-order valence-corrected chi connectivity index (χ4v) is 2.03. The number of carbonyl (C=O) groups excluding carboxylic acids is 1. The van der Waals surface area contributed by atoms with Crippen LogP contribution in [0.25, 0.3) is 0 Å². The highest BCUT2D eigenvalue weighted by Gasteiger charge is 2.11. The quantitative estimate of drug-likeness (QED) is 0.622. The van der Waals surface area contributed by atoms with E-state index in [-0.39, 0.29) is 12.0 Å². The summed E-state index contributed by atoms with van der Waals surface area (Å²) >= 11 is 1.38. The third-order valence-electron chi connectivity index (χ3n) is 2.04. The van der Waals surface area contributed by atoms with Crippen LogP contribution in [-0.2, 0) is 4.74 Å². The maximum atomic E-state index is 11.9. The molecule has 1 aromatic rings. The Morgan fingerprint density at radius 1 is 1.61 bits per heavy atom. The van der Waals surface area contributed by atoms with Gasteiger partial charge in [-0.05, 0) is 25.3 Å². The van der Waals surface area contributed by atoms with Crippen molar-refractivity contribution in [1.29, 1.82) is 0 Å². The minimum Gasteiger partial charge on any atom is -0.377 e. The van der Waals surface area contributed by atoms with Crippen LogP contribution < -0.4 is 11.1 Å². The number of rotatable bonds is 5. The van der Waals surface area contributed by atoms with Crippen LogP contribution in [0.2, 0.25) is 0 Å². The van der Waals surface area contributed by atoms with E-state index < -0.39 is 0 Å². The molecule has 0 spiro atoms. The number of carbonyl (C=O) groups is 1. The lowest BCUT2D eigenvalue weighted by Gasteiger charge is -2.08. The molecule has 0 fully saturated rings. The lowest BCUT2D eigenvalue weighted by atomic mass is 10.2. The first kappa shape index (κ1) is 14.7. The van der Waals surface area contributed by atoms with Crippen molar-refractivity contribution >= 4 is 17.2 Å². The molecule has 0 saturated carbocycles. The van der Waals surface area contributed by atoms with Crippen LogP contribution in [0, 0.1) is 11.8 Å². The Morgan fingerprint density at radius 3 is 3.06 bits per heavy atom. The van der Waals surface area contributed by atoms with Gasteiger partial charge in [-0.3, -0.25) is 4.79 Å². The summed E-state index contributed by atoms with van der Waals surface area (Å²) in [6, 6.07) is 1.83. The first-order valence-electron chi connectivity index (χ1n) is 5.81. The van der Waals surface area contributed by atoms with E-state index in [0.29, 0.717) is 24.6 Å². The molecule has 3 N–H and O–H groups in total. The second-order valence-electron chi connectivity index (χ2n) is 3.84. The van der Waals surface area contributed by atoms with Gasteiger partial charge in [-0.1, -0.05) is 11.8 Å². The highest BCUT2D eigenvalue weighted by molar-refractivity contribution is 7.12. The molecule has 1 aromatic heterocycles. The minimum atomic E-state index is -0.112. The molecule has 0 atom stereocenters. The van der Waals surface area contributed by atoms with Crippen LogP contribution in [0.4, 0.5) is 0 Å². The van der Waals surface area contributed by atoms with E-state index in [9.17, 15) is 4.79 Å². The zero-order valence-electron chi connectivity index (χ0n) is 10.7. The normalized spacial score (nSPS) is 10.0. The molecule has 1 rings (SSSR count). The topological polar surface area (TPSA) is 64.3 Å². The largest absolute Gasteiger partial charge is 0.377 e. The third-order valence-corrected chi connectivity index (χ3v) is 2.95. The van der Waals surface area contributed by atoms with E-state index >= 15 is 0 Å². The first-order chi connectivity index (χ1) is 8.65. The molecule has 0 unspecified atom stereocenters. The molecule has 18 heavy (non-hydrogen) atoms. The molecule has 0 aliphatic heterocycles. The predicted octanol–water partition coefficient (Wildman–Crippen LogP) is 1.21. The molecule has 0 aliphatic rings. The van der Waals surface area contributed by atoms with Crippen LogP contribution in [0.5, 0.6) is 0 Å². The van der Waals surface area contributed by atoms with E-state index in [1.165, 1.54) is 11.3 Å². The van der Waals surface area contributed by atoms with Crippen molar-refractivity contribution in [2.75, 3.05) is 19.7 Å². The van der Waals surface area contributed by atoms with E-state index in [1.807, 2.05) is 25.3 Å². The number of ether oxygens (including phenoxy) is 1. The lowest BCUT2D eigenvalue weighted by molar-refractivity contribution is 0.0748. The molecule has 98 valence electrons. The van der Waals surface area contributed by atoms with E-state index in [0.717, 1.165) is 5.56 Å². The van der Waals surface area contributed by atoms with Crippen molar-refractivity contribution < 1.29 is 9.53 Å². The van der Waals surface area contributed by atoms with Gasteiger partial charge in [-0.2, -0.15) is 0 Å². The highest BCUT2D eigenvalue weighted by Crippen LogP contribution is 2.15. The van der Waals surface area contributed by atoms with E-state index in [1.54, 1.807) is 0 Å². The van der Waals surface area contributed by atoms with Crippen LogP contribution >= 0.6 is 11.3 Å². The van der Waals surface area contributed by atoms with Crippen molar-refractivity contribution in [2.24, 2.45) is 5.73 Å². The van der Waals surface area contributed by atoms with Crippen molar-refractivity contribution in [3.8, 4) is 11.8 Å². The summed E-state index contributed by atoms with van der Waals surface area (Å²) in [6.45, 7) is 5.22. The zero-order chi connectivity index (χ0) is 13.4. The smallest absolute Gasteiger partial charge is 0.262 e.